The third-order valence-electron chi connectivity index (χ3n) is 3.27. The van der Waals surface area contributed by atoms with E-state index >= 15 is 0 Å². The predicted octanol–water partition coefficient (Wildman–Crippen LogP) is 4.90. The van der Waals surface area contributed by atoms with E-state index in [0.29, 0.717) is 0 Å². The first kappa shape index (κ1) is 16.7. The Morgan fingerprint density at radius 2 is 1.94 bits per heavy atom. The average Bonchev–Trinajstić information content (AvgIpc) is 2.96. The third kappa shape index (κ3) is 3.13. The quantitative estimate of drug-likeness (QED) is 0.504. The molecule has 0 saturated heterocycles. The fraction of sp³-hybridized carbons (Fsp3) is 0.312. The molecule has 17 heavy (non-hydrogen) atoms. The molecule has 2 aromatic carbocycles. The van der Waals surface area contributed by atoms with Crippen molar-refractivity contribution in [3.63, 3.8) is 0 Å². The zero-order valence-corrected chi connectivity index (χ0v) is 14.7. The largest absolute Gasteiger partial charge is 0.358 e. The topological polar surface area (TPSA) is 0 Å². The molecule has 1 fully saturated rings. The summed E-state index contributed by atoms with van der Waals surface area (Å²) in [6, 6.07) is 11.5. The van der Waals surface area contributed by atoms with Crippen LogP contribution in [-0.2, 0) is 32.3 Å². The van der Waals surface area contributed by atoms with E-state index in [1.165, 1.54) is 29.2 Å². The number of fused-ring (bicyclic) bond motifs is 1. The number of hydrogen-bond donors (Lipinski definition) is 0. The average molecular weight is 392 g/mol. The summed E-state index contributed by atoms with van der Waals surface area (Å²) in [5.41, 5.74) is 3.07. The molecule has 0 unspecified atom stereocenters. The molecule has 1 saturated carbocycles. The van der Waals surface area contributed by atoms with Crippen molar-refractivity contribution in [3.05, 3.63) is 56.3 Å². The molecule has 0 amide bonds. The van der Waals surface area contributed by atoms with E-state index < -0.39 is 0 Å². The SMILES string of the molecule is CCc1cc2c(C3CC3)cccc2[cH-]1.[CH3-].[CH3-].[Hf]. The number of aryl methyl sites for hydroxylation is 1. The summed E-state index contributed by atoms with van der Waals surface area (Å²) in [6.45, 7) is 2.23. The van der Waals surface area contributed by atoms with Crippen LogP contribution in [0, 0.1) is 14.9 Å². The van der Waals surface area contributed by atoms with E-state index in [1.807, 2.05) is 0 Å². The summed E-state index contributed by atoms with van der Waals surface area (Å²) < 4.78 is 0. The van der Waals surface area contributed by atoms with Crippen LogP contribution < -0.4 is 0 Å². The van der Waals surface area contributed by atoms with Gasteiger partial charge in [0.2, 0.25) is 0 Å². The van der Waals surface area contributed by atoms with Crippen LogP contribution in [0.5, 0.6) is 0 Å². The molecule has 0 bridgehead atoms. The van der Waals surface area contributed by atoms with E-state index in [0.717, 1.165) is 12.3 Å². The molecule has 1 aliphatic rings. The summed E-state index contributed by atoms with van der Waals surface area (Å²) in [6.07, 6.45) is 3.94. The minimum atomic E-state index is 0. The van der Waals surface area contributed by atoms with Crippen molar-refractivity contribution in [2.45, 2.75) is 32.1 Å². The summed E-state index contributed by atoms with van der Waals surface area (Å²) in [5, 5.41) is 2.94. The smallest absolute Gasteiger partial charge is 0 e. The molecule has 2 aromatic rings. The Morgan fingerprint density at radius 1 is 1.24 bits per heavy atom. The van der Waals surface area contributed by atoms with Crippen molar-refractivity contribution in [2.75, 3.05) is 0 Å². The van der Waals surface area contributed by atoms with E-state index in [1.54, 1.807) is 5.56 Å². The van der Waals surface area contributed by atoms with Crippen molar-refractivity contribution in [1.82, 2.24) is 0 Å². The molecule has 1 heteroatoms. The minimum Gasteiger partial charge on any atom is -0.358 e. The molecule has 0 radical (unpaired) electrons. The normalized spacial score (nSPS) is 13.5. The molecule has 0 N–H and O–H groups in total. The van der Waals surface area contributed by atoms with Crippen LogP contribution in [0.3, 0.4) is 0 Å². The predicted molar refractivity (Wildman–Crippen MR) is 73.7 cm³/mol. The van der Waals surface area contributed by atoms with Crippen LogP contribution in [-0.4, -0.2) is 0 Å². The number of rotatable bonds is 2. The van der Waals surface area contributed by atoms with Gasteiger partial charge in [-0.3, -0.25) is 0 Å². The molecular formula is C16H21Hf-3. The molecule has 0 heterocycles. The van der Waals surface area contributed by atoms with Gasteiger partial charge in [-0.1, -0.05) is 18.6 Å². The molecule has 0 spiro atoms. The molecule has 0 nitrogen and oxygen atoms in total. The fourth-order valence-corrected chi connectivity index (χ4v) is 2.28. The van der Waals surface area contributed by atoms with E-state index in [4.69, 9.17) is 0 Å². The maximum absolute atomic E-state index is 2.38. The van der Waals surface area contributed by atoms with Gasteiger partial charge in [0.1, 0.15) is 0 Å². The second-order valence-electron chi connectivity index (χ2n) is 4.34. The Labute approximate surface area is 125 Å². The number of benzene rings is 1. The Bertz CT molecular complexity index is 463. The van der Waals surface area contributed by atoms with Gasteiger partial charge in [0, 0.05) is 25.8 Å². The molecule has 0 aliphatic heterocycles. The van der Waals surface area contributed by atoms with E-state index in [-0.39, 0.29) is 40.7 Å². The van der Waals surface area contributed by atoms with E-state index in [2.05, 4.69) is 37.3 Å². The molecule has 0 atom stereocenters. The minimum absolute atomic E-state index is 0. The van der Waals surface area contributed by atoms with Crippen molar-refractivity contribution >= 4 is 10.8 Å². The summed E-state index contributed by atoms with van der Waals surface area (Å²) in [7, 11) is 0. The second kappa shape index (κ2) is 6.58. The molecule has 0 aromatic heterocycles. The van der Waals surface area contributed by atoms with Gasteiger partial charge in [0.15, 0.2) is 0 Å². The fourth-order valence-electron chi connectivity index (χ4n) is 2.28. The summed E-state index contributed by atoms with van der Waals surface area (Å²) >= 11 is 0. The monoisotopic (exact) mass is 393 g/mol. The first-order valence-electron chi connectivity index (χ1n) is 5.56. The van der Waals surface area contributed by atoms with Crippen LogP contribution in [0.15, 0.2) is 30.3 Å². The van der Waals surface area contributed by atoms with Crippen LogP contribution in [0.1, 0.15) is 36.8 Å². The van der Waals surface area contributed by atoms with Gasteiger partial charge in [0.25, 0.3) is 0 Å². The van der Waals surface area contributed by atoms with Crippen LogP contribution in [0.2, 0.25) is 0 Å². The maximum atomic E-state index is 2.38. The Hall–Kier alpha value is -0.300. The van der Waals surface area contributed by atoms with Gasteiger partial charge < -0.3 is 14.9 Å². The van der Waals surface area contributed by atoms with Gasteiger partial charge >= 0.3 is 0 Å². The van der Waals surface area contributed by atoms with E-state index in [9.17, 15) is 0 Å². The zero-order valence-electron chi connectivity index (χ0n) is 11.1. The zero-order chi connectivity index (χ0) is 9.54. The molecule has 1 aliphatic carbocycles. The first-order valence-corrected chi connectivity index (χ1v) is 5.56. The summed E-state index contributed by atoms with van der Waals surface area (Å²) in [5.74, 6) is 0.866. The second-order valence-corrected chi connectivity index (χ2v) is 4.34. The van der Waals surface area contributed by atoms with Gasteiger partial charge in [-0.15, -0.1) is 34.5 Å². The number of hydrogen-bond acceptors (Lipinski definition) is 0. The van der Waals surface area contributed by atoms with Crippen LogP contribution in [0.4, 0.5) is 0 Å². The van der Waals surface area contributed by atoms with Crippen LogP contribution >= 0.6 is 0 Å². The summed E-state index contributed by atoms with van der Waals surface area (Å²) in [4.78, 5) is 0. The molecular weight excluding hydrogens is 371 g/mol. The van der Waals surface area contributed by atoms with Crippen LogP contribution in [0.25, 0.3) is 10.8 Å². The van der Waals surface area contributed by atoms with Crippen molar-refractivity contribution in [1.29, 1.82) is 0 Å². The standard InChI is InChI=1S/C14H15.2CH3.Hf/c1-2-10-8-12-4-3-5-13(11-6-7-11)14(12)9-10;;;/h3-5,8-9,11H,2,6-7H2,1H3;2*1H3;/q3*-1;. The Kier molecular flexibility index (Phi) is 6.47. The van der Waals surface area contributed by atoms with Gasteiger partial charge in [-0.2, -0.15) is 6.07 Å². The molecule has 3 rings (SSSR count). The van der Waals surface area contributed by atoms with Crippen molar-refractivity contribution in [3.8, 4) is 0 Å². The maximum Gasteiger partial charge on any atom is 0 e. The van der Waals surface area contributed by atoms with Gasteiger partial charge in [-0.05, 0) is 25.2 Å². The van der Waals surface area contributed by atoms with Crippen molar-refractivity contribution < 1.29 is 25.8 Å². The molecule has 92 valence electrons. The first-order chi connectivity index (χ1) is 6.88. The van der Waals surface area contributed by atoms with Gasteiger partial charge in [-0.25, -0.2) is 0 Å². The van der Waals surface area contributed by atoms with Crippen molar-refractivity contribution in [2.24, 2.45) is 0 Å². The third-order valence-corrected chi connectivity index (χ3v) is 3.27. The van der Waals surface area contributed by atoms with Gasteiger partial charge in [0.05, 0.1) is 0 Å². The Balaban J connectivity index is 0.000000853. The Morgan fingerprint density at radius 3 is 2.53 bits per heavy atom.